The minimum Gasteiger partial charge on any atom is -0.339 e. The zero-order valence-corrected chi connectivity index (χ0v) is 15.3. The van der Waals surface area contributed by atoms with Crippen molar-refractivity contribution in [2.75, 3.05) is 10.6 Å². The summed E-state index contributed by atoms with van der Waals surface area (Å²) in [6, 6.07) is 12.2. The summed E-state index contributed by atoms with van der Waals surface area (Å²) >= 11 is 3.49. The Morgan fingerprint density at radius 1 is 0.917 bits per heavy atom. The van der Waals surface area contributed by atoms with E-state index in [9.17, 15) is 0 Å². The lowest BCUT2D eigenvalue weighted by Crippen LogP contribution is -2.03. The van der Waals surface area contributed by atoms with Crippen molar-refractivity contribution < 1.29 is 0 Å². The summed E-state index contributed by atoms with van der Waals surface area (Å²) in [5.74, 6) is 1.10. The van der Waals surface area contributed by atoms with E-state index < -0.39 is 0 Å². The standard InChI is InChI=1S/C18H18BrN5/c1-11-4-5-12(2)16(8-11)22-17-10-20-24-18(23-17)21-14-6-7-15(19)13(3)9-14/h4-10H,1-3H3,(H2,21,22,23,24). The van der Waals surface area contributed by atoms with Crippen molar-refractivity contribution in [3.8, 4) is 0 Å². The molecule has 6 heteroatoms. The molecule has 1 aromatic heterocycles. The van der Waals surface area contributed by atoms with Crippen molar-refractivity contribution >= 4 is 39.1 Å². The summed E-state index contributed by atoms with van der Waals surface area (Å²) in [4.78, 5) is 4.48. The van der Waals surface area contributed by atoms with Gasteiger partial charge in [0, 0.05) is 15.8 Å². The van der Waals surface area contributed by atoms with Crippen LogP contribution in [-0.4, -0.2) is 15.2 Å². The molecule has 2 N–H and O–H groups in total. The summed E-state index contributed by atoms with van der Waals surface area (Å²) < 4.78 is 1.07. The Balaban J connectivity index is 1.81. The van der Waals surface area contributed by atoms with Crippen LogP contribution in [0.1, 0.15) is 16.7 Å². The van der Waals surface area contributed by atoms with Crippen molar-refractivity contribution in [2.45, 2.75) is 20.8 Å². The lowest BCUT2D eigenvalue weighted by atomic mass is 10.1. The number of benzene rings is 2. The fourth-order valence-corrected chi connectivity index (χ4v) is 2.52. The van der Waals surface area contributed by atoms with Crippen molar-refractivity contribution in [1.29, 1.82) is 0 Å². The molecule has 0 aliphatic heterocycles. The molecule has 0 bridgehead atoms. The van der Waals surface area contributed by atoms with E-state index in [-0.39, 0.29) is 0 Å². The number of nitrogens with zero attached hydrogens (tertiary/aromatic N) is 3. The predicted molar refractivity (Wildman–Crippen MR) is 101 cm³/mol. The number of nitrogens with one attached hydrogen (secondary N) is 2. The van der Waals surface area contributed by atoms with Crippen LogP contribution in [0.15, 0.2) is 47.1 Å². The molecule has 0 atom stereocenters. The van der Waals surface area contributed by atoms with Gasteiger partial charge < -0.3 is 10.6 Å². The Bertz CT molecular complexity index is 879. The van der Waals surface area contributed by atoms with E-state index in [2.05, 4.69) is 73.8 Å². The van der Waals surface area contributed by atoms with E-state index >= 15 is 0 Å². The first-order chi connectivity index (χ1) is 11.5. The summed E-state index contributed by atoms with van der Waals surface area (Å²) in [5, 5.41) is 14.5. The van der Waals surface area contributed by atoms with Gasteiger partial charge in [-0.05, 0) is 61.7 Å². The fourth-order valence-electron chi connectivity index (χ4n) is 2.28. The van der Waals surface area contributed by atoms with Gasteiger partial charge in [0.15, 0.2) is 5.82 Å². The molecule has 0 fully saturated rings. The third-order valence-electron chi connectivity index (χ3n) is 3.63. The van der Waals surface area contributed by atoms with Gasteiger partial charge in [-0.15, -0.1) is 5.10 Å². The summed E-state index contributed by atoms with van der Waals surface area (Å²) in [5.41, 5.74) is 5.41. The molecule has 1 heterocycles. The Hall–Kier alpha value is -2.47. The second kappa shape index (κ2) is 6.97. The van der Waals surface area contributed by atoms with Gasteiger partial charge in [-0.25, -0.2) is 0 Å². The molecular formula is C18H18BrN5. The first kappa shape index (κ1) is 16.4. The minimum absolute atomic E-state index is 0.451. The van der Waals surface area contributed by atoms with Gasteiger partial charge in [0.25, 0.3) is 0 Å². The Morgan fingerprint density at radius 3 is 2.54 bits per heavy atom. The molecule has 3 aromatic rings. The zero-order chi connectivity index (χ0) is 17.1. The lowest BCUT2D eigenvalue weighted by molar-refractivity contribution is 0.982. The summed E-state index contributed by atoms with van der Waals surface area (Å²) in [6.07, 6.45) is 1.61. The zero-order valence-electron chi connectivity index (χ0n) is 13.8. The molecule has 0 radical (unpaired) electrons. The van der Waals surface area contributed by atoms with Gasteiger partial charge in [-0.2, -0.15) is 10.1 Å². The van der Waals surface area contributed by atoms with Gasteiger partial charge in [0.1, 0.15) is 0 Å². The van der Waals surface area contributed by atoms with Crippen LogP contribution in [-0.2, 0) is 0 Å². The molecule has 0 spiro atoms. The molecule has 0 saturated heterocycles. The number of hydrogen-bond donors (Lipinski definition) is 2. The van der Waals surface area contributed by atoms with Gasteiger partial charge in [-0.3, -0.25) is 0 Å². The maximum absolute atomic E-state index is 4.48. The van der Waals surface area contributed by atoms with Crippen LogP contribution in [0.2, 0.25) is 0 Å². The van der Waals surface area contributed by atoms with Crippen LogP contribution in [0.5, 0.6) is 0 Å². The molecule has 2 aromatic carbocycles. The number of rotatable bonds is 4. The third-order valence-corrected chi connectivity index (χ3v) is 4.52. The average molecular weight is 384 g/mol. The second-order valence-electron chi connectivity index (χ2n) is 5.70. The Kier molecular flexibility index (Phi) is 4.76. The van der Waals surface area contributed by atoms with Crippen LogP contribution in [0, 0.1) is 20.8 Å². The Morgan fingerprint density at radius 2 is 1.75 bits per heavy atom. The van der Waals surface area contributed by atoms with E-state index in [1.165, 1.54) is 5.56 Å². The quantitative estimate of drug-likeness (QED) is 0.659. The van der Waals surface area contributed by atoms with E-state index in [0.29, 0.717) is 11.8 Å². The van der Waals surface area contributed by atoms with Gasteiger partial charge >= 0.3 is 0 Å². The van der Waals surface area contributed by atoms with Crippen molar-refractivity contribution in [2.24, 2.45) is 0 Å². The smallest absolute Gasteiger partial charge is 0.249 e. The molecule has 5 nitrogen and oxygen atoms in total. The molecule has 0 aliphatic rings. The maximum Gasteiger partial charge on any atom is 0.249 e. The summed E-state index contributed by atoms with van der Waals surface area (Å²) in [6.45, 7) is 6.15. The highest BCUT2D eigenvalue weighted by atomic mass is 79.9. The largest absolute Gasteiger partial charge is 0.339 e. The first-order valence-electron chi connectivity index (χ1n) is 7.58. The van der Waals surface area contributed by atoms with E-state index in [4.69, 9.17) is 0 Å². The van der Waals surface area contributed by atoms with Crippen molar-refractivity contribution in [3.05, 3.63) is 63.8 Å². The van der Waals surface area contributed by atoms with Gasteiger partial charge in [0.2, 0.25) is 5.95 Å². The Labute approximate surface area is 149 Å². The highest BCUT2D eigenvalue weighted by Gasteiger charge is 2.05. The third kappa shape index (κ3) is 3.89. The molecule has 122 valence electrons. The van der Waals surface area contributed by atoms with Crippen LogP contribution >= 0.6 is 15.9 Å². The maximum atomic E-state index is 4.48. The highest BCUT2D eigenvalue weighted by Crippen LogP contribution is 2.23. The molecule has 24 heavy (non-hydrogen) atoms. The molecule has 0 unspecified atom stereocenters. The highest BCUT2D eigenvalue weighted by molar-refractivity contribution is 9.10. The lowest BCUT2D eigenvalue weighted by Gasteiger charge is -2.11. The minimum atomic E-state index is 0.451. The van der Waals surface area contributed by atoms with Crippen molar-refractivity contribution in [3.63, 3.8) is 0 Å². The fraction of sp³-hybridized carbons (Fsp3) is 0.167. The SMILES string of the molecule is Cc1ccc(C)c(Nc2cnnc(Nc3ccc(Br)c(C)c3)n2)c1. The first-order valence-corrected chi connectivity index (χ1v) is 8.38. The van der Waals surface area contributed by atoms with Crippen LogP contribution in [0.4, 0.5) is 23.1 Å². The number of aryl methyl sites for hydroxylation is 3. The van der Waals surface area contributed by atoms with Crippen LogP contribution in [0.25, 0.3) is 0 Å². The molecule has 0 saturated carbocycles. The van der Waals surface area contributed by atoms with Gasteiger partial charge in [0.05, 0.1) is 6.20 Å². The average Bonchev–Trinajstić information content (AvgIpc) is 2.55. The molecule has 3 rings (SSSR count). The second-order valence-corrected chi connectivity index (χ2v) is 6.55. The molecule has 0 amide bonds. The summed E-state index contributed by atoms with van der Waals surface area (Å²) in [7, 11) is 0. The van der Waals surface area contributed by atoms with Gasteiger partial charge in [-0.1, -0.05) is 28.1 Å². The normalized spacial score (nSPS) is 10.5. The van der Waals surface area contributed by atoms with E-state index in [0.717, 1.165) is 27.0 Å². The molecular weight excluding hydrogens is 366 g/mol. The predicted octanol–water partition coefficient (Wildman–Crippen LogP) is 5.05. The van der Waals surface area contributed by atoms with Crippen LogP contribution < -0.4 is 10.6 Å². The van der Waals surface area contributed by atoms with E-state index in [1.807, 2.05) is 25.1 Å². The number of anilines is 4. The molecule has 0 aliphatic carbocycles. The van der Waals surface area contributed by atoms with E-state index in [1.54, 1.807) is 6.20 Å². The number of aromatic nitrogens is 3. The topological polar surface area (TPSA) is 62.7 Å². The van der Waals surface area contributed by atoms with Crippen LogP contribution in [0.3, 0.4) is 0 Å². The van der Waals surface area contributed by atoms with Crippen molar-refractivity contribution in [1.82, 2.24) is 15.2 Å². The number of halogens is 1. The monoisotopic (exact) mass is 383 g/mol. The number of hydrogen-bond acceptors (Lipinski definition) is 5.